The molecule has 3 rings (SSSR count). The van der Waals surface area contributed by atoms with Crippen LogP contribution in [0.15, 0.2) is 46.9 Å². The number of hydrogen-bond donors (Lipinski definition) is 0. The molecule has 2 heterocycles. The third-order valence-electron chi connectivity index (χ3n) is 5.80. The van der Waals surface area contributed by atoms with Crippen molar-refractivity contribution in [3.8, 4) is 0 Å². The molecular formula is C23H28N2O2S2. The molecule has 0 fully saturated rings. The summed E-state index contributed by atoms with van der Waals surface area (Å²) in [5, 5.41) is 2.02. The van der Waals surface area contributed by atoms with Gasteiger partial charge in [-0.05, 0) is 91.9 Å². The Kier molecular flexibility index (Phi) is 6.56. The SMILES string of the molecule is Cc1c(C)c(C)c(S(=O)(=O)N(CCc2cccs2)Cc2cccnc2)c(C)c1C. The lowest BCUT2D eigenvalue weighted by Gasteiger charge is -2.26. The van der Waals surface area contributed by atoms with Gasteiger partial charge in [0.15, 0.2) is 0 Å². The first-order valence-corrected chi connectivity index (χ1v) is 12.0. The monoisotopic (exact) mass is 428 g/mol. The van der Waals surface area contributed by atoms with Gasteiger partial charge in [0.25, 0.3) is 0 Å². The molecule has 0 aliphatic carbocycles. The lowest BCUT2D eigenvalue weighted by molar-refractivity contribution is 0.409. The van der Waals surface area contributed by atoms with Crippen molar-refractivity contribution in [2.75, 3.05) is 6.54 Å². The Labute approximate surface area is 178 Å². The van der Waals surface area contributed by atoms with Gasteiger partial charge in [-0.1, -0.05) is 12.1 Å². The summed E-state index contributed by atoms with van der Waals surface area (Å²) < 4.78 is 29.3. The van der Waals surface area contributed by atoms with Crippen molar-refractivity contribution in [3.05, 3.63) is 80.3 Å². The molecule has 6 heteroatoms. The Hall–Kier alpha value is -2.02. The van der Waals surface area contributed by atoms with Gasteiger partial charge in [-0.25, -0.2) is 8.42 Å². The summed E-state index contributed by atoms with van der Waals surface area (Å²) in [5.41, 5.74) is 5.84. The fourth-order valence-corrected chi connectivity index (χ4v) is 6.34. The van der Waals surface area contributed by atoms with E-state index in [-0.39, 0.29) is 0 Å². The summed E-state index contributed by atoms with van der Waals surface area (Å²) in [7, 11) is -3.67. The average Bonchev–Trinajstić information content (AvgIpc) is 3.22. The number of nitrogens with zero attached hydrogens (tertiary/aromatic N) is 2. The van der Waals surface area contributed by atoms with Crippen molar-refractivity contribution in [1.82, 2.24) is 9.29 Å². The Bertz CT molecular complexity index is 1060. The third kappa shape index (κ3) is 4.44. The van der Waals surface area contributed by atoms with Crippen LogP contribution in [0.1, 0.15) is 38.3 Å². The quantitative estimate of drug-likeness (QED) is 0.525. The number of rotatable bonds is 7. The highest BCUT2D eigenvalue weighted by atomic mass is 32.2. The van der Waals surface area contributed by atoms with Crippen LogP contribution in [0.5, 0.6) is 0 Å². The molecule has 0 aliphatic heterocycles. The number of aromatic nitrogens is 1. The molecule has 0 amide bonds. The van der Waals surface area contributed by atoms with Crippen LogP contribution in [-0.2, 0) is 23.0 Å². The summed E-state index contributed by atoms with van der Waals surface area (Å²) in [4.78, 5) is 5.79. The third-order valence-corrected chi connectivity index (χ3v) is 8.85. The summed E-state index contributed by atoms with van der Waals surface area (Å²) in [6.07, 6.45) is 4.13. The Morgan fingerprint density at radius 3 is 2.14 bits per heavy atom. The summed E-state index contributed by atoms with van der Waals surface area (Å²) in [5.74, 6) is 0. The van der Waals surface area contributed by atoms with Gasteiger partial charge >= 0.3 is 0 Å². The molecule has 0 spiro atoms. The number of thiophene rings is 1. The first-order chi connectivity index (χ1) is 13.7. The highest BCUT2D eigenvalue weighted by molar-refractivity contribution is 7.89. The van der Waals surface area contributed by atoms with E-state index in [0.29, 0.717) is 24.4 Å². The molecule has 154 valence electrons. The van der Waals surface area contributed by atoms with Crippen LogP contribution in [-0.4, -0.2) is 24.3 Å². The van der Waals surface area contributed by atoms with Gasteiger partial charge in [0, 0.05) is 30.4 Å². The number of hydrogen-bond acceptors (Lipinski definition) is 4. The highest BCUT2D eigenvalue weighted by Gasteiger charge is 2.30. The van der Waals surface area contributed by atoms with E-state index in [1.807, 2.05) is 51.3 Å². The lowest BCUT2D eigenvalue weighted by Crippen LogP contribution is -2.34. The van der Waals surface area contributed by atoms with Crippen molar-refractivity contribution in [1.29, 1.82) is 0 Å². The zero-order valence-electron chi connectivity index (χ0n) is 17.7. The highest BCUT2D eigenvalue weighted by Crippen LogP contribution is 2.32. The maximum absolute atomic E-state index is 13.9. The molecule has 1 aromatic carbocycles. The van der Waals surface area contributed by atoms with Gasteiger partial charge in [0.1, 0.15) is 0 Å². The van der Waals surface area contributed by atoms with Gasteiger partial charge in [-0.2, -0.15) is 4.31 Å². The molecule has 0 saturated carbocycles. The largest absolute Gasteiger partial charge is 0.264 e. The van der Waals surface area contributed by atoms with Crippen LogP contribution < -0.4 is 0 Å². The Morgan fingerprint density at radius 2 is 1.59 bits per heavy atom. The maximum atomic E-state index is 13.9. The smallest absolute Gasteiger partial charge is 0.243 e. The Morgan fingerprint density at radius 1 is 0.931 bits per heavy atom. The number of sulfonamides is 1. The first kappa shape index (κ1) is 21.7. The van der Waals surface area contributed by atoms with Crippen LogP contribution in [0.4, 0.5) is 0 Å². The number of pyridine rings is 1. The minimum atomic E-state index is -3.67. The fraction of sp³-hybridized carbons (Fsp3) is 0.348. The van der Waals surface area contributed by atoms with E-state index < -0.39 is 10.0 Å². The second kappa shape index (κ2) is 8.78. The van der Waals surface area contributed by atoms with Crippen LogP contribution in [0.2, 0.25) is 0 Å². The molecule has 0 N–H and O–H groups in total. The lowest BCUT2D eigenvalue weighted by atomic mass is 9.95. The molecule has 0 atom stereocenters. The molecular weight excluding hydrogens is 400 g/mol. The molecule has 0 aliphatic rings. The van der Waals surface area contributed by atoms with E-state index >= 15 is 0 Å². The average molecular weight is 429 g/mol. The van der Waals surface area contributed by atoms with Gasteiger partial charge < -0.3 is 0 Å². The normalized spacial score (nSPS) is 11.9. The maximum Gasteiger partial charge on any atom is 0.243 e. The van der Waals surface area contributed by atoms with E-state index in [4.69, 9.17) is 0 Å². The standard InChI is InChI=1S/C23H28N2O2S2/c1-16-17(2)19(4)23(20(5)18(16)3)29(26,27)25(12-10-22-9-7-13-28-22)15-21-8-6-11-24-14-21/h6-9,11,13-14H,10,12,15H2,1-5H3. The van der Waals surface area contributed by atoms with E-state index in [9.17, 15) is 8.42 Å². The van der Waals surface area contributed by atoms with Gasteiger partial charge in [0.05, 0.1) is 4.90 Å². The summed E-state index contributed by atoms with van der Waals surface area (Å²) in [6, 6.07) is 7.82. The molecule has 0 saturated heterocycles. The summed E-state index contributed by atoms with van der Waals surface area (Å²) >= 11 is 1.66. The zero-order valence-corrected chi connectivity index (χ0v) is 19.3. The second-order valence-electron chi connectivity index (χ2n) is 7.48. The van der Waals surface area contributed by atoms with Crippen molar-refractivity contribution in [3.63, 3.8) is 0 Å². The van der Waals surface area contributed by atoms with Crippen molar-refractivity contribution in [2.45, 2.75) is 52.5 Å². The van der Waals surface area contributed by atoms with Crippen LogP contribution in [0.3, 0.4) is 0 Å². The van der Waals surface area contributed by atoms with Gasteiger partial charge in [0.2, 0.25) is 10.0 Å². The van der Waals surface area contributed by atoms with Crippen LogP contribution in [0, 0.1) is 34.6 Å². The zero-order chi connectivity index (χ0) is 21.2. The van der Waals surface area contributed by atoms with Gasteiger partial charge in [-0.3, -0.25) is 4.98 Å². The number of benzene rings is 1. The second-order valence-corrected chi connectivity index (χ2v) is 10.4. The van der Waals surface area contributed by atoms with E-state index in [1.165, 1.54) is 4.88 Å². The van der Waals surface area contributed by atoms with E-state index in [1.54, 1.807) is 28.0 Å². The molecule has 29 heavy (non-hydrogen) atoms. The predicted molar refractivity (Wildman–Crippen MR) is 120 cm³/mol. The van der Waals surface area contributed by atoms with Crippen molar-refractivity contribution in [2.24, 2.45) is 0 Å². The predicted octanol–water partition coefficient (Wildman–Crippen LogP) is 5.12. The van der Waals surface area contributed by atoms with E-state index in [0.717, 1.165) is 33.4 Å². The minimum Gasteiger partial charge on any atom is -0.264 e. The van der Waals surface area contributed by atoms with Crippen molar-refractivity contribution < 1.29 is 8.42 Å². The van der Waals surface area contributed by atoms with E-state index in [2.05, 4.69) is 18.0 Å². The molecule has 0 bridgehead atoms. The Balaban J connectivity index is 2.06. The van der Waals surface area contributed by atoms with Gasteiger partial charge in [-0.15, -0.1) is 11.3 Å². The van der Waals surface area contributed by atoms with Crippen molar-refractivity contribution >= 4 is 21.4 Å². The minimum absolute atomic E-state index is 0.312. The van der Waals surface area contributed by atoms with Crippen LogP contribution >= 0.6 is 11.3 Å². The topological polar surface area (TPSA) is 50.3 Å². The molecule has 2 aromatic heterocycles. The molecule has 0 radical (unpaired) electrons. The molecule has 3 aromatic rings. The summed E-state index contributed by atoms with van der Waals surface area (Å²) in [6.45, 7) is 10.7. The van der Waals surface area contributed by atoms with Crippen LogP contribution in [0.25, 0.3) is 0 Å². The molecule has 0 unspecified atom stereocenters. The fourth-order valence-electron chi connectivity index (χ4n) is 3.65. The molecule has 4 nitrogen and oxygen atoms in total. The first-order valence-electron chi connectivity index (χ1n) is 9.72.